The van der Waals surface area contributed by atoms with Crippen LogP contribution in [0.1, 0.15) is 21.5 Å². The molecule has 1 rings (SSSR count). The van der Waals surface area contributed by atoms with Gasteiger partial charge in [-0.25, -0.2) is 0 Å². The standard InChI is InChI=1S/C12H10N2O/c1-8-3-9(2)5-10(4-8)12(15)11(6-13)7-14/h3-5,11H,1-2H3. The van der Waals surface area contributed by atoms with Crippen LogP contribution in [0.3, 0.4) is 0 Å². The van der Waals surface area contributed by atoms with Crippen molar-refractivity contribution in [3.05, 3.63) is 34.9 Å². The van der Waals surface area contributed by atoms with E-state index >= 15 is 0 Å². The molecule has 3 nitrogen and oxygen atoms in total. The zero-order valence-corrected chi connectivity index (χ0v) is 8.61. The summed E-state index contributed by atoms with van der Waals surface area (Å²) < 4.78 is 0. The number of rotatable bonds is 2. The number of nitrogens with zero attached hydrogens (tertiary/aromatic N) is 2. The molecule has 0 amide bonds. The lowest BCUT2D eigenvalue weighted by Crippen LogP contribution is -2.11. The SMILES string of the molecule is Cc1cc(C)cc(C(=O)C(C#N)C#N)c1. The molecule has 0 saturated heterocycles. The summed E-state index contributed by atoms with van der Waals surface area (Å²) in [5, 5.41) is 17.2. The molecular weight excluding hydrogens is 188 g/mol. The first kappa shape index (κ1) is 10.9. The van der Waals surface area contributed by atoms with Gasteiger partial charge in [-0.05, 0) is 26.0 Å². The topological polar surface area (TPSA) is 64.7 Å². The molecule has 74 valence electrons. The average molecular weight is 198 g/mol. The Morgan fingerprint density at radius 2 is 1.60 bits per heavy atom. The van der Waals surface area contributed by atoms with Crippen LogP contribution in [-0.4, -0.2) is 5.78 Å². The predicted octanol–water partition coefficient (Wildman–Crippen LogP) is 2.15. The van der Waals surface area contributed by atoms with Gasteiger partial charge in [-0.2, -0.15) is 10.5 Å². The molecule has 0 atom stereocenters. The lowest BCUT2D eigenvalue weighted by atomic mass is 9.97. The van der Waals surface area contributed by atoms with Gasteiger partial charge in [0.2, 0.25) is 0 Å². The summed E-state index contributed by atoms with van der Waals surface area (Å²) in [5.41, 5.74) is 2.33. The van der Waals surface area contributed by atoms with E-state index in [9.17, 15) is 4.79 Å². The minimum Gasteiger partial charge on any atom is -0.291 e. The van der Waals surface area contributed by atoms with Crippen LogP contribution in [-0.2, 0) is 0 Å². The van der Waals surface area contributed by atoms with Gasteiger partial charge in [0.25, 0.3) is 0 Å². The molecule has 0 saturated carbocycles. The first-order chi connectivity index (χ1) is 7.08. The molecule has 0 aromatic heterocycles. The highest BCUT2D eigenvalue weighted by Gasteiger charge is 2.19. The fraction of sp³-hybridized carbons (Fsp3) is 0.250. The summed E-state index contributed by atoms with van der Waals surface area (Å²) in [7, 11) is 0. The summed E-state index contributed by atoms with van der Waals surface area (Å²) >= 11 is 0. The van der Waals surface area contributed by atoms with E-state index in [2.05, 4.69) is 0 Å². The third-order valence-electron chi connectivity index (χ3n) is 2.03. The Labute approximate surface area is 88.6 Å². The van der Waals surface area contributed by atoms with Crippen molar-refractivity contribution in [2.45, 2.75) is 13.8 Å². The molecule has 1 aromatic carbocycles. The predicted molar refractivity (Wildman–Crippen MR) is 55.0 cm³/mol. The van der Waals surface area contributed by atoms with Crippen LogP contribution < -0.4 is 0 Å². The normalized spacial score (nSPS) is 9.40. The van der Waals surface area contributed by atoms with Crippen molar-refractivity contribution < 1.29 is 4.79 Å². The molecule has 1 aromatic rings. The lowest BCUT2D eigenvalue weighted by Gasteiger charge is -2.03. The van der Waals surface area contributed by atoms with Crippen LogP contribution in [0, 0.1) is 42.4 Å². The van der Waals surface area contributed by atoms with E-state index in [1.54, 1.807) is 24.3 Å². The molecule has 0 aliphatic rings. The second-order valence-electron chi connectivity index (χ2n) is 3.43. The zero-order valence-electron chi connectivity index (χ0n) is 8.61. The summed E-state index contributed by atoms with van der Waals surface area (Å²) in [5.74, 6) is -1.63. The molecule has 0 unspecified atom stereocenters. The van der Waals surface area contributed by atoms with Crippen LogP contribution in [0.5, 0.6) is 0 Å². The van der Waals surface area contributed by atoms with Gasteiger partial charge < -0.3 is 0 Å². The molecule has 0 fully saturated rings. The molecule has 0 spiro atoms. The van der Waals surface area contributed by atoms with Gasteiger partial charge in [0.1, 0.15) is 0 Å². The van der Waals surface area contributed by atoms with Gasteiger partial charge in [-0.1, -0.05) is 17.2 Å². The van der Waals surface area contributed by atoms with E-state index in [1.165, 1.54) is 0 Å². The fourth-order valence-electron chi connectivity index (χ4n) is 1.43. The van der Waals surface area contributed by atoms with E-state index in [-0.39, 0.29) is 0 Å². The van der Waals surface area contributed by atoms with Gasteiger partial charge in [0.05, 0.1) is 12.1 Å². The number of benzene rings is 1. The average Bonchev–Trinajstić information content (AvgIpc) is 2.18. The van der Waals surface area contributed by atoms with Crippen molar-refractivity contribution in [3.63, 3.8) is 0 Å². The highest BCUT2D eigenvalue weighted by molar-refractivity contribution is 6.01. The van der Waals surface area contributed by atoms with Crippen molar-refractivity contribution in [3.8, 4) is 12.1 Å². The van der Waals surface area contributed by atoms with Gasteiger partial charge in [-0.3, -0.25) is 4.79 Å². The highest BCUT2D eigenvalue weighted by Crippen LogP contribution is 2.13. The number of nitriles is 2. The maximum atomic E-state index is 11.7. The zero-order chi connectivity index (χ0) is 11.4. The smallest absolute Gasteiger partial charge is 0.195 e. The van der Waals surface area contributed by atoms with Crippen LogP contribution in [0.15, 0.2) is 18.2 Å². The summed E-state index contributed by atoms with van der Waals surface area (Å²) in [6.07, 6.45) is 0. The minimum absolute atomic E-state index is 0.424. The second kappa shape index (κ2) is 4.39. The van der Waals surface area contributed by atoms with Gasteiger partial charge in [0, 0.05) is 5.56 Å². The molecule has 0 aliphatic heterocycles. The Morgan fingerprint density at radius 3 is 2.00 bits per heavy atom. The summed E-state index contributed by atoms with van der Waals surface area (Å²) in [6, 6.07) is 8.67. The van der Waals surface area contributed by atoms with Crippen molar-refractivity contribution in [1.29, 1.82) is 10.5 Å². The summed E-state index contributed by atoms with van der Waals surface area (Å²) in [4.78, 5) is 11.7. The molecule has 0 heterocycles. The largest absolute Gasteiger partial charge is 0.291 e. The number of hydrogen-bond acceptors (Lipinski definition) is 3. The Balaban J connectivity index is 3.14. The summed E-state index contributed by atoms with van der Waals surface area (Å²) in [6.45, 7) is 3.75. The molecule has 0 bridgehead atoms. The van der Waals surface area contributed by atoms with Crippen LogP contribution >= 0.6 is 0 Å². The monoisotopic (exact) mass is 198 g/mol. The number of ketones is 1. The maximum absolute atomic E-state index is 11.7. The van der Waals surface area contributed by atoms with Crippen molar-refractivity contribution in [2.24, 2.45) is 5.92 Å². The van der Waals surface area contributed by atoms with E-state index < -0.39 is 11.7 Å². The first-order valence-electron chi connectivity index (χ1n) is 4.50. The van der Waals surface area contributed by atoms with Crippen LogP contribution in [0.2, 0.25) is 0 Å². The Hall–Kier alpha value is -2.13. The number of aryl methyl sites for hydroxylation is 2. The van der Waals surface area contributed by atoms with E-state index in [0.29, 0.717) is 5.56 Å². The molecule has 0 radical (unpaired) electrons. The number of carbonyl (C=O) groups is 1. The van der Waals surface area contributed by atoms with E-state index in [0.717, 1.165) is 11.1 Å². The Morgan fingerprint density at radius 1 is 1.13 bits per heavy atom. The quantitative estimate of drug-likeness (QED) is 0.684. The fourth-order valence-corrected chi connectivity index (χ4v) is 1.43. The van der Waals surface area contributed by atoms with Gasteiger partial charge in [-0.15, -0.1) is 0 Å². The number of hydrogen-bond donors (Lipinski definition) is 0. The Bertz CT molecular complexity index is 443. The second-order valence-corrected chi connectivity index (χ2v) is 3.43. The van der Waals surface area contributed by atoms with Gasteiger partial charge in [0.15, 0.2) is 11.7 Å². The molecule has 15 heavy (non-hydrogen) atoms. The van der Waals surface area contributed by atoms with Crippen molar-refractivity contribution >= 4 is 5.78 Å². The van der Waals surface area contributed by atoms with Crippen molar-refractivity contribution in [1.82, 2.24) is 0 Å². The van der Waals surface area contributed by atoms with E-state index in [1.807, 2.05) is 19.9 Å². The van der Waals surface area contributed by atoms with Crippen LogP contribution in [0.4, 0.5) is 0 Å². The van der Waals surface area contributed by atoms with Crippen LogP contribution in [0.25, 0.3) is 0 Å². The highest BCUT2D eigenvalue weighted by atomic mass is 16.1. The molecular formula is C12H10N2O. The number of Topliss-reactive ketones (excluding diaryl/α,β-unsaturated/α-hetero) is 1. The van der Waals surface area contributed by atoms with Crippen molar-refractivity contribution in [2.75, 3.05) is 0 Å². The molecule has 0 N–H and O–H groups in total. The number of carbonyl (C=O) groups excluding carboxylic acids is 1. The minimum atomic E-state index is -1.20. The third kappa shape index (κ3) is 2.42. The molecule has 0 aliphatic carbocycles. The van der Waals surface area contributed by atoms with Gasteiger partial charge >= 0.3 is 0 Å². The molecule has 3 heteroatoms. The first-order valence-corrected chi connectivity index (χ1v) is 4.50. The third-order valence-corrected chi connectivity index (χ3v) is 2.03. The van der Waals surface area contributed by atoms with E-state index in [4.69, 9.17) is 10.5 Å². The lowest BCUT2D eigenvalue weighted by molar-refractivity contribution is 0.0970. The maximum Gasteiger partial charge on any atom is 0.195 e. The Kier molecular flexibility index (Phi) is 3.21.